The van der Waals surface area contributed by atoms with Crippen molar-refractivity contribution >= 4 is 11.6 Å². The van der Waals surface area contributed by atoms with Crippen molar-refractivity contribution in [3.63, 3.8) is 0 Å². The van der Waals surface area contributed by atoms with Crippen molar-refractivity contribution in [3.8, 4) is 0 Å². The zero-order chi connectivity index (χ0) is 22.4. The topological polar surface area (TPSA) is 66.8 Å². The smallest absolute Gasteiger partial charge is 0.229 e. The second-order valence-corrected chi connectivity index (χ2v) is 10.1. The van der Waals surface area contributed by atoms with E-state index in [0.29, 0.717) is 18.9 Å². The monoisotopic (exact) mass is 444 g/mol. The van der Waals surface area contributed by atoms with Crippen LogP contribution in [0.25, 0.3) is 0 Å². The van der Waals surface area contributed by atoms with E-state index in [0.717, 1.165) is 43.6 Å². The van der Waals surface area contributed by atoms with Crippen molar-refractivity contribution < 1.29 is 9.53 Å². The molecule has 6 heteroatoms. The number of nitrogens with one attached hydrogen (secondary N) is 1. The Hall–Kier alpha value is -2.57. The molecular formula is C27H32N4O2. The summed E-state index contributed by atoms with van der Waals surface area (Å²) in [6.45, 7) is 4.80. The number of carbonyl (C=O) groups is 1. The van der Waals surface area contributed by atoms with Crippen molar-refractivity contribution in [3.05, 3.63) is 66.0 Å². The summed E-state index contributed by atoms with van der Waals surface area (Å²) in [6, 6.07) is 14.6. The van der Waals surface area contributed by atoms with Crippen molar-refractivity contribution in [1.82, 2.24) is 15.2 Å². The third kappa shape index (κ3) is 3.51. The van der Waals surface area contributed by atoms with Gasteiger partial charge in [0.1, 0.15) is 0 Å². The Bertz CT molecular complexity index is 1040. The van der Waals surface area contributed by atoms with Gasteiger partial charge in [0.05, 0.1) is 5.71 Å². The molecule has 0 radical (unpaired) electrons. The second kappa shape index (κ2) is 8.33. The van der Waals surface area contributed by atoms with Crippen LogP contribution in [0.15, 0.2) is 59.9 Å². The van der Waals surface area contributed by atoms with Crippen molar-refractivity contribution in [2.24, 2.45) is 22.7 Å². The van der Waals surface area contributed by atoms with E-state index >= 15 is 0 Å². The van der Waals surface area contributed by atoms with Crippen LogP contribution >= 0.6 is 0 Å². The maximum atomic E-state index is 13.9. The van der Waals surface area contributed by atoms with Crippen LogP contribution in [0.4, 0.5) is 0 Å². The molecule has 2 bridgehead atoms. The van der Waals surface area contributed by atoms with E-state index < -0.39 is 5.72 Å². The average Bonchev–Trinajstić information content (AvgIpc) is 3.32. The number of piperidine rings is 1. The molecule has 1 N–H and O–H groups in total. The van der Waals surface area contributed by atoms with E-state index in [1.807, 2.05) is 17.0 Å². The molecule has 1 aliphatic carbocycles. The summed E-state index contributed by atoms with van der Waals surface area (Å²) < 4.78 is 6.91. The highest BCUT2D eigenvalue weighted by Crippen LogP contribution is 2.53. The Balaban J connectivity index is 1.40. The quantitative estimate of drug-likeness (QED) is 0.780. The number of ether oxygens (including phenoxy) is 1. The van der Waals surface area contributed by atoms with Gasteiger partial charge in [-0.2, -0.15) is 0 Å². The van der Waals surface area contributed by atoms with Crippen LogP contribution < -0.4 is 5.32 Å². The number of fused-ring (bicyclic) bond motifs is 1. The van der Waals surface area contributed by atoms with Gasteiger partial charge in [-0.3, -0.25) is 14.8 Å². The summed E-state index contributed by atoms with van der Waals surface area (Å²) in [7, 11) is 0. The molecule has 1 aromatic carbocycles. The van der Waals surface area contributed by atoms with Crippen molar-refractivity contribution in [1.29, 1.82) is 0 Å². The lowest BCUT2D eigenvalue weighted by molar-refractivity contribution is -0.155. The number of aliphatic imine (C=N–C) groups is 1. The largest absolute Gasteiger partial charge is 0.325 e. The van der Waals surface area contributed by atoms with Gasteiger partial charge in [-0.05, 0) is 67.4 Å². The van der Waals surface area contributed by atoms with Gasteiger partial charge in [-0.15, -0.1) is 0 Å². The molecule has 33 heavy (non-hydrogen) atoms. The fourth-order valence-electron chi connectivity index (χ4n) is 6.43. The number of hydrogen-bond donors (Lipinski definition) is 1. The maximum absolute atomic E-state index is 13.9. The Morgan fingerprint density at radius 2 is 1.85 bits per heavy atom. The normalized spacial score (nSPS) is 34.2. The lowest BCUT2D eigenvalue weighted by Crippen LogP contribution is -2.52. The van der Waals surface area contributed by atoms with Gasteiger partial charge in [0.25, 0.3) is 0 Å². The molecule has 3 aliphatic heterocycles. The molecule has 5 atom stereocenters. The minimum atomic E-state index is -0.710. The maximum Gasteiger partial charge on any atom is 0.229 e. The molecule has 172 valence electrons. The Morgan fingerprint density at radius 1 is 1.09 bits per heavy atom. The summed E-state index contributed by atoms with van der Waals surface area (Å²) in [4.78, 5) is 25.3. The highest BCUT2D eigenvalue weighted by molar-refractivity contribution is 6.01. The predicted octanol–water partition coefficient (Wildman–Crippen LogP) is 3.75. The van der Waals surface area contributed by atoms with Crippen LogP contribution in [0.5, 0.6) is 0 Å². The molecule has 1 unspecified atom stereocenters. The van der Waals surface area contributed by atoms with E-state index in [-0.39, 0.29) is 29.9 Å². The van der Waals surface area contributed by atoms with Crippen LogP contribution in [-0.2, 0) is 16.1 Å². The first kappa shape index (κ1) is 21.0. The Morgan fingerprint density at radius 3 is 2.61 bits per heavy atom. The minimum Gasteiger partial charge on any atom is -0.325 e. The van der Waals surface area contributed by atoms with Gasteiger partial charge in [-0.1, -0.05) is 37.3 Å². The van der Waals surface area contributed by atoms with Gasteiger partial charge in [0, 0.05) is 37.2 Å². The number of aromatic nitrogens is 1. The molecule has 1 aromatic heterocycles. The molecule has 1 spiro atoms. The van der Waals surface area contributed by atoms with E-state index in [4.69, 9.17) is 9.73 Å². The van der Waals surface area contributed by atoms with Crippen LogP contribution in [0.2, 0.25) is 0 Å². The zero-order valence-corrected chi connectivity index (χ0v) is 19.2. The molecule has 6 rings (SSSR count). The average molecular weight is 445 g/mol. The minimum absolute atomic E-state index is 0.0588. The van der Waals surface area contributed by atoms with Crippen LogP contribution in [0.1, 0.15) is 49.7 Å². The third-order valence-corrected chi connectivity index (χ3v) is 8.35. The van der Waals surface area contributed by atoms with Crippen molar-refractivity contribution in [2.45, 2.75) is 57.0 Å². The van der Waals surface area contributed by atoms with E-state index in [2.05, 4.69) is 47.6 Å². The number of benzene rings is 1. The molecule has 3 fully saturated rings. The fourth-order valence-corrected chi connectivity index (χ4v) is 6.43. The van der Waals surface area contributed by atoms with E-state index in [1.165, 1.54) is 5.56 Å². The molecule has 2 aromatic rings. The zero-order valence-electron chi connectivity index (χ0n) is 19.2. The molecule has 1 amide bonds. The number of likely N-dealkylation sites (tertiary alicyclic amines) is 1. The summed E-state index contributed by atoms with van der Waals surface area (Å²) in [5, 5.41) is 3.45. The van der Waals surface area contributed by atoms with E-state index in [1.54, 1.807) is 12.4 Å². The predicted molar refractivity (Wildman–Crippen MR) is 126 cm³/mol. The molecule has 1 saturated carbocycles. The first-order valence-corrected chi connectivity index (χ1v) is 12.4. The number of amides is 1. The van der Waals surface area contributed by atoms with Gasteiger partial charge in [0.15, 0.2) is 12.0 Å². The van der Waals surface area contributed by atoms with Gasteiger partial charge < -0.3 is 15.0 Å². The number of nitrogens with zero attached hydrogens (tertiary/aromatic N) is 3. The SMILES string of the molecule is C[C@H]1C2C[C@@]3(O[C@H](C4CCNCC4)N=C3C[C@@H]1c1ccccc1)N(Cc1ccncc1)C2=O. The first-order valence-electron chi connectivity index (χ1n) is 12.4. The number of hydrogen-bond acceptors (Lipinski definition) is 5. The molecule has 4 heterocycles. The Kier molecular flexibility index (Phi) is 5.30. The molecule has 6 nitrogen and oxygen atoms in total. The first-order chi connectivity index (χ1) is 16.2. The lowest BCUT2D eigenvalue weighted by atomic mass is 9.78. The van der Waals surface area contributed by atoms with E-state index in [9.17, 15) is 4.79 Å². The number of carbonyl (C=O) groups excluding carboxylic acids is 1. The summed E-state index contributed by atoms with van der Waals surface area (Å²) >= 11 is 0. The summed E-state index contributed by atoms with van der Waals surface area (Å²) in [5.74, 6) is 1.06. The Labute approximate surface area is 195 Å². The highest BCUT2D eigenvalue weighted by Gasteiger charge is 2.62. The summed E-state index contributed by atoms with van der Waals surface area (Å²) in [6.07, 6.45) is 7.13. The molecular weight excluding hydrogens is 412 g/mol. The van der Waals surface area contributed by atoms with Gasteiger partial charge in [0.2, 0.25) is 5.91 Å². The number of rotatable bonds is 4. The second-order valence-electron chi connectivity index (χ2n) is 10.1. The summed E-state index contributed by atoms with van der Waals surface area (Å²) in [5.41, 5.74) is 2.75. The third-order valence-electron chi connectivity index (χ3n) is 8.35. The number of pyridine rings is 1. The van der Waals surface area contributed by atoms with Crippen LogP contribution in [0.3, 0.4) is 0 Å². The van der Waals surface area contributed by atoms with Crippen LogP contribution in [0, 0.1) is 17.8 Å². The molecule has 4 aliphatic rings. The van der Waals surface area contributed by atoms with Gasteiger partial charge >= 0.3 is 0 Å². The van der Waals surface area contributed by atoms with Crippen LogP contribution in [-0.4, -0.2) is 46.5 Å². The lowest BCUT2D eigenvalue weighted by Gasteiger charge is -2.38. The van der Waals surface area contributed by atoms with Gasteiger partial charge in [-0.25, -0.2) is 0 Å². The standard InChI is InChI=1S/C27H32N4O2/c1-18-22(20-5-3-2-4-6-20)15-24-27(33-25(30-24)21-9-13-29-14-10-21)16-23(18)26(32)31(27)17-19-7-11-28-12-8-19/h2-8,11-12,18,21-23,25,29H,9-10,13-17H2,1H3/t18-,22+,23?,25-,27+/m1/s1. The highest BCUT2D eigenvalue weighted by atomic mass is 16.6. The van der Waals surface area contributed by atoms with Crippen molar-refractivity contribution in [2.75, 3.05) is 13.1 Å². The fraction of sp³-hybridized carbons (Fsp3) is 0.519. The molecule has 2 saturated heterocycles.